The van der Waals surface area contributed by atoms with Crippen molar-refractivity contribution < 1.29 is 14.4 Å². The third-order valence-electron chi connectivity index (χ3n) is 2.89. The Bertz CT molecular complexity index is 652. The van der Waals surface area contributed by atoms with E-state index in [0.717, 1.165) is 0 Å². The number of nitrogens with one attached hydrogen (secondary N) is 4. The molecule has 0 unspecified atom stereocenters. The van der Waals surface area contributed by atoms with Crippen molar-refractivity contribution >= 4 is 52.3 Å². The molecule has 1 aromatic rings. The number of carbonyl (C=O) groups is 3. The number of hydrogen-bond donors (Lipinski definition) is 4. The lowest BCUT2D eigenvalue weighted by molar-refractivity contribution is -0.124. The molecule has 25 heavy (non-hydrogen) atoms. The van der Waals surface area contributed by atoms with Gasteiger partial charge in [0.2, 0.25) is 17.7 Å². The SMILES string of the molecule is CC(C)CC(=O)NC(=S)NNC(=O)CCC(=O)Nc1ccccc1Cl. The molecule has 0 radical (unpaired) electrons. The summed E-state index contributed by atoms with van der Waals surface area (Å²) in [4.78, 5) is 35.0. The van der Waals surface area contributed by atoms with Crippen LogP contribution in [0.15, 0.2) is 24.3 Å². The smallest absolute Gasteiger partial charge is 0.238 e. The summed E-state index contributed by atoms with van der Waals surface area (Å²) in [7, 11) is 0. The van der Waals surface area contributed by atoms with Crippen molar-refractivity contribution in [2.75, 3.05) is 5.32 Å². The average Bonchev–Trinajstić information content (AvgIpc) is 2.52. The lowest BCUT2D eigenvalue weighted by Crippen LogP contribution is -2.48. The van der Waals surface area contributed by atoms with Crippen LogP contribution in [-0.4, -0.2) is 22.8 Å². The molecule has 0 saturated heterocycles. The summed E-state index contributed by atoms with van der Waals surface area (Å²) in [5, 5.41) is 5.48. The van der Waals surface area contributed by atoms with Crippen molar-refractivity contribution in [3.05, 3.63) is 29.3 Å². The number of para-hydroxylation sites is 1. The van der Waals surface area contributed by atoms with E-state index in [1.165, 1.54) is 0 Å². The van der Waals surface area contributed by atoms with E-state index >= 15 is 0 Å². The highest BCUT2D eigenvalue weighted by Gasteiger charge is 2.10. The van der Waals surface area contributed by atoms with Gasteiger partial charge in [-0.1, -0.05) is 37.6 Å². The number of hydrazine groups is 1. The fourth-order valence-corrected chi connectivity index (χ4v) is 2.12. The highest BCUT2D eigenvalue weighted by atomic mass is 35.5. The second-order valence-corrected chi connectivity index (χ2v) is 6.49. The number of benzene rings is 1. The van der Waals surface area contributed by atoms with E-state index in [2.05, 4.69) is 21.5 Å². The first kappa shape index (κ1) is 20.9. The molecule has 7 nitrogen and oxygen atoms in total. The highest BCUT2D eigenvalue weighted by Crippen LogP contribution is 2.20. The van der Waals surface area contributed by atoms with E-state index in [0.29, 0.717) is 17.1 Å². The van der Waals surface area contributed by atoms with Crippen molar-refractivity contribution in [3.63, 3.8) is 0 Å². The summed E-state index contributed by atoms with van der Waals surface area (Å²) in [6.07, 6.45) is 0.259. The Morgan fingerprint density at radius 2 is 1.68 bits per heavy atom. The molecule has 0 aliphatic carbocycles. The van der Waals surface area contributed by atoms with Gasteiger partial charge in [-0.2, -0.15) is 0 Å². The fraction of sp³-hybridized carbons (Fsp3) is 0.375. The zero-order valence-corrected chi connectivity index (χ0v) is 15.6. The van der Waals surface area contributed by atoms with Gasteiger partial charge in [0.1, 0.15) is 0 Å². The Hall–Kier alpha value is -2.19. The highest BCUT2D eigenvalue weighted by molar-refractivity contribution is 7.80. The van der Waals surface area contributed by atoms with Gasteiger partial charge < -0.3 is 10.6 Å². The third kappa shape index (κ3) is 9.02. The zero-order chi connectivity index (χ0) is 18.8. The van der Waals surface area contributed by atoms with Gasteiger partial charge in [0, 0.05) is 19.3 Å². The van der Waals surface area contributed by atoms with Crippen LogP contribution < -0.4 is 21.5 Å². The maximum absolute atomic E-state index is 11.8. The minimum atomic E-state index is -0.435. The molecule has 0 fully saturated rings. The van der Waals surface area contributed by atoms with Crippen molar-refractivity contribution in [1.29, 1.82) is 0 Å². The monoisotopic (exact) mass is 384 g/mol. The van der Waals surface area contributed by atoms with Gasteiger partial charge in [0.25, 0.3) is 0 Å². The van der Waals surface area contributed by atoms with Gasteiger partial charge in [-0.05, 0) is 30.3 Å². The number of hydrogen-bond acceptors (Lipinski definition) is 4. The number of anilines is 1. The van der Waals surface area contributed by atoms with Crippen LogP contribution in [0, 0.1) is 5.92 Å². The molecular formula is C16H21ClN4O3S. The standard InChI is InChI=1S/C16H21ClN4O3S/c1-10(2)9-15(24)19-16(25)21-20-14(23)8-7-13(22)18-12-6-4-3-5-11(12)17/h3-6,10H,7-9H2,1-2H3,(H,18,22)(H,20,23)(H2,19,21,24,25). The number of carbonyl (C=O) groups excluding carboxylic acids is 3. The van der Waals surface area contributed by atoms with Gasteiger partial charge >= 0.3 is 0 Å². The Morgan fingerprint density at radius 3 is 2.32 bits per heavy atom. The summed E-state index contributed by atoms with van der Waals surface area (Å²) in [6, 6.07) is 6.81. The molecule has 0 spiro atoms. The van der Waals surface area contributed by atoms with E-state index in [-0.39, 0.29) is 35.7 Å². The average molecular weight is 385 g/mol. The Labute approximate surface area is 156 Å². The molecule has 0 bridgehead atoms. The van der Waals surface area contributed by atoms with Gasteiger partial charge in [-0.25, -0.2) is 0 Å². The fourth-order valence-electron chi connectivity index (χ4n) is 1.77. The molecule has 0 aliphatic rings. The summed E-state index contributed by atoms with van der Waals surface area (Å²) in [5.41, 5.74) is 5.22. The van der Waals surface area contributed by atoms with E-state index < -0.39 is 5.91 Å². The topological polar surface area (TPSA) is 99.3 Å². The molecular weight excluding hydrogens is 364 g/mol. The predicted octanol–water partition coefficient (Wildman–Crippen LogP) is 2.13. The molecule has 0 atom stereocenters. The normalized spacial score (nSPS) is 10.1. The predicted molar refractivity (Wildman–Crippen MR) is 101 cm³/mol. The summed E-state index contributed by atoms with van der Waals surface area (Å²) >= 11 is 10.8. The number of amides is 3. The van der Waals surface area contributed by atoms with Gasteiger partial charge in [0.15, 0.2) is 5.11 Å². The largest absolute Gasteiger partial charge is 0.325 e. The second kappa shape index (κ2) is 10.6. The van der Waals surface area contributed by atoms with Crippen LogP contribution in [-0.2, 0) is 14.4 Å². The van der Waals surface area contributed by atoms with E-state index in [4.69, 9.17) is 23.8 Å². The van der Waals surface area contributed by atoms with Crippen LogP contribution >= 0.6 is 23.8 Å². The summed E-state index contributed by atoms with van der Waals surface area (Å²) in [6.45, 7) is 3.82. The first-order valence-corrected chi connectivity index (χ1v) is 8.49. The van der Waals surface area contributed by atoms with E-state index in [1.807, 2.05) is 13.8 Å². The number of rotatable bonds is 6. The molecule has 0 aliphatic heterocycles. The maximum Gasteiger partial charge on any atom is 0.238 e. The Kier molecular flexibility index (Phi) is 8.87. The molecule has 4 N–H and O–H groups in total. The molecule has 0 aromatic heterocycles. The Morgan fingerprint density at radius 1 is 1.04 bits per heavy atom. The minimum Gasteiger partial charge on any atom is -0.325 e. The van der Waals surface area contributed by atoms with Crippen LogP contribution in [0.2, 0.25) is 5.02 Å². The zero-order valence-electron chi connectivity index (χ0n) is 14.0. The van der Waals surface area contributed by atoms with Crippen molar-refractivity contribution in [2.45, 2.75) is 33.1 Å². The van der Waals surface area contributed by atoms with Crippen molar-refractivity contribution in [2.24, 2.45) is 5.92 Å². The van der Waals surface area contributed by atoms with Crippen LogP contribution in [0.3, 0.4) is 0 Å². The summed E-state index contributed by atoms with van der Waals surface area (Å²) < 4.78 is 0. The lowest BCUT2D eigenvalue weighted by atomic mass is 10.1. The molecule has 1 aromatic carbocycles. The molecule has 9 heteroatoms. The lowest BCUT2D eigenvalue weighted by Gasteiger charge is -2.11. The first-order valence-electron chi connectivity index (χ1n) is 7.71. The van der Waals surface area contributed by atoms with Crippen molar-refractivity contribution in [3.8, 4) is 0 Å². The van der Waals surface area contributed by atoms with Crippen LogP contribution in [0.1, 0.15) is 33.1 Å². The van der Waals surface area contributed by atoms with Crippen LogP contribution in [0.5, 0.6) is 0 Å². The third-order valence-corrected chi connectivity index (χ3v) is 3.42. The maximum atomic E-state index is 11.8. The molecule has 1 rings (SSSR count). The first-order chi connectivity index (χ1) is 11.8. The van der Waals surface area contributed by atoms with Crippen LogP contribution in [0.25, 0.3) is 0 Å². The number of thiocarbonyl (C=S) groups is 1. The Balaban J connectivity index is 2.26. The molecule has 0 saturated carbocycles. The molecule has 136 valence electrons. The van der Waals surface area contributed by atoms with Gasteiger partial charge in [-0.15, -0.1) is 0 Å². The quantitative estimate of drug-likeness (QED) is 0.445. The van der Waals surface area contributed by atoms with Gasteiger partial charge in [0.05, 0.1) is 10.7 Å². The van der Waals surface area contributed by atoms with E-state index in [1.54, 1.807) is 24.3 Å². The van der Waals surface area contributed by atoms with Gasteiger partial charge in [-0.3, -0.25) is 25.2 Å². The number of halogens is 1. The molecule has 3 amide bonds. The summed E-state index contributed by atoms with van der Waals surface area (Å²) in [5.74, 6) is -0.805. The van der Waals surface area contributed by atoms with E-state index in [9.17, 15) is 14.4 Å². The minimum absolute atomic E-state index is 0.000445. The van der Waals surface area contributed by atoms with Crippen LogP contribution in [0.4, 0.5) is 5.69 Å². The van der Waals surface area contributed by atoms with Crippen molar-refractivity contribution in [1.82, 2.24) is 16.2 Å². The second-order valence-electron chi connectivity index (χ2n) is 5.68. The molecule has 0 heterocycles.